The zero-order chi connectivity index (χ0) is 13.7. The molecular weight excluding hydrogens is 249 g/mol. The van der Waals surface area contributed by atoms with Gasteiger partial charge in [-0.25, -0.2) is 4.39 Å². The predicted molar refractivity (Wildman–Crippen MR) is 70.9 cm³/mol. The first-order valence-corrected chi connectivity index (χ1v) is 6.68. The number of halogens is 1. The highest BCUT2D eigenvalue weighted by Gasteiger charge is 2.19. The number of hydrogen-bond donors (Lipinski definition) is 3. The van der Waals surface area contributed by atoms with E-state index < -0.39 is 11.9 Å². The number of rotatable bonds is 6. The second-order valence-electron chi connectivity index (χ2n) is 4.85. The van der Waals surface area contributed by atoms with Crippen molar-refractivity contribution in [1.29, 1.82) is 0 Å². The van der Waals surface area contributed by atoms with Gasteiger partial charge in [-0.2, -0.15) is 0 Å². The third-order valence-corrected chi connectivity index (χ3v) is 3.30. The summed E-state index contributed by atoms with van der Waals surface area (Å²) in [6.45, 7) is -0.279. The van der Waals surface area contributed by atoms with Crippen molar-refractivity contribution in [2.24, 2.45) is 0 Å². The Hall–Kier alpha value is -1.33. The molecular formula is C14H20FNO3. The van der Waals surface area contributed by atoms with Crippen molar-refractivity contribution in [2.45, 2.75) is 37.9 Å². The normalized spacial score (nSPS) is 17.4. The Bertz CT molecular complexity index is 408. The van der Waals surface area contributed by atoms with Crippen LogP contribution in [-0.2, 0) is 0 Å². The summed E-state index contributed by atoms with van der Waals surface area (Å²) in [5.74, 6) is 0.0534. The molecule has 1 aliphatic carbocycles. The summed E-state index contributed by atoms with van der Waals surface area (Å²) in [5.41, 5.74) is 0.252. The molecule has 1 aromatic carbocycles. The van der Waals surface area contributed by atoms with Crippen LogP contribution < -0.4 is 10.1 Å². The molecule has 3 N–H and O–H groups in total. The van der Waals surface area contributed by atoms with Gasteiger partial charge in [0.25, 0.3) is 0 Å². The minimum atomic E-state index is -0.918. The van der Waals surface area contributed by atoms with Gasteiger partial charge in [-0.3, -0.25) is 0 Å². The van der Waals surface area contributed by atoms with Crippen molar-refractivity contribution >= 4 is 5.69 Å². The molecule has 0 amide bonds. The van der Waals surface area contributed by atoms with E-state index in [-0.39, 0.29) is 24.9 Å². The van der Waals surface area contributed by atoms with Crippen LogP contribution in [0.1, 0.15) is 25.7 Å². The van der Waals surface area contributed by atoms with Crippen molar-refractivity contribution in [2.75, 3.05) is 18.5 Å². The molecule has 4 nitrogen and oxygen atoms in total. The van der Waals surface area contributed by atoms with Crippen LogP contribution in [0, 0.1) is 5.82 Å². The van der Waals surface area contributed by atoms with E-state index in [0.717, 1.165) is 25.7 Å². The molecule has 0 aliphatic heterocycles. The molecule has 0 heterocycles. The van der Waals surface area contributed by atoms with Crippen molar-refractivity contribution in [3.8, 4) is 5.75 Å². The molecule has 1 fully saturated rings. The average molecular weight is 269 g/mol. The maximum absolute atomic E-state index is 13.8. The molecule has 106 valence electrons. The van der Waals surface area contributed by atoms with Crippen LogP contribution in [-0.4, -0.2) is 35.6 Å². The van der Waals surface area contributed by atoms with Gasteiger partial charge < -0.3 is 20.3 Å². The summed E-state index contributed by atoms with van der Waals surface area (Å²) in [6, 6.07) is 4.66. The first kappa shape index (κ1) is 14.1. The van der Waals surface area contributed by atoms with Gasteiger partial charge in [-0.1, -0.05) is 6.07 Å². The lowest BCUT2D eigenvalue weighted by Gasteiger charge is -2.18. The van der Waals surface area contributed by atoms with Crippen LogP contribution in [0.15, 0.2) is 18.2 Å². The first-order valence-electron chi connectivity index (χ1n) is 6.68. The summed E-state index contributed by atoms with van der Waals surface area (Å²) in [7, 11) is 0. The molecule has 5 heteroatoms. The highest BCUT2D eigenvalue weighted by atomic mass is 19.1. The summed E-state index contributed by atoms with van der Waals surface area (Å²) >= 11 is 0. The number of para-hydroxylation sites is 1. The lowest BCUT2D eigenvalue weighted by Crippen LogP contribution is -2.24. The number of hydrogen-bond acceptors (Lipinski definition) is 4. The van der Waals surface area contributed by atoms with Gasteiger partial charge in [0.1, 0.15) is 17.3 Å². The summed E-state index contributed by atoms with van der Waals surface area (Å²) in [4.78, 5) is 0. The Morgan fingerprint density at radius 1 is 1.37 bits per heavy atom. The molecule has 1 atom stereocenters. The van der Waals surface area contributed by atoms with E-state index in [1.54, 1.807) is 12.1 Å². The molecule has 1 aromatic rings. The topological polar surface area (TPSA) is 61.7 Å². The number of ether oxygens (including phenoxy) is 1. The number of anilines is 1. The fourth-order valence-corrected chi connectivity index (χ4v) is 2.24. The molecule has 0 spiro atoms. The second-order valence-corrected chi connectivity index (χ2v) is 4.85. The second kappa shape index (κ2) is 6.73. The third-order valence-electron chi connectivity index (χ3n) is 3.30. The Morgan fingerprint density at radius 3 is 2.79 bits per heavy atom. The Morgan fingerprint density at radius 2 is 2.11 bits per heavy atom. The van der Waals surface area contributed by atoms with Gasteiger partial charge in [-0.15, -0.1) is 0 Å². The van der Waals surface area contributed by atoms with E-state index in [1.165, 1.54) is 6.07 Å². The van der Waals surface area contributed by atoms with Crippen LogP contribution in [0.3, 0.4) is 0 Å². The first-order chi connectivity index (χ1) is 9.20. The maximum Gasteiger partial charge on any atom is 0.150 e. The molecule has 0 bridgehead atoms. The van der Waals surface area contributed by atoms with Crippen LogP contribution in [0.5, 0.6) is 5.75 Å². The van der Waals surface area contributed by atoms with Crippen molar-refractivity contribution in [3.63, 3.8) is 0 Å². The van der Waals surface area contributed by atoms with Crippen molar-refractivity contribution in [3.05, 3.63) is 24.0 Å². The standard InChI is InChI=1S/C14H20FNO3/c15-12-6-3-7-13(19-11-4-1-2-5-11)14(12)16-8-10(18)9-17/h3,6-7,10-11,16-18H,1-2,4-5,8-9H2. The average Bonchev–Trinajstić information content (AvgIpc) is 2.90. The van der Waals surface area contributed by atoms with E-state index >= 15 is 0 Å². The molecule has 1 aliphatic rings. The van der Waals surface area contributed by atoms with E-state index in [0.29, 0.717) is 5.75 Å². The lowest BCUT2D eigenvalue weighted by molar-refractivity contribution is 0.105. The summed E-state index contributed by atoms with van der Waals surface area (Å²) in [6.07, 6.45) is 3.51. The minimum Gasteiger partial charge on any atom is -0.488 e. The molecule has 1 unspecified atom stereocenters. The van der Waals surface area contributed by atoms with Crippen LogP contribution in [0.25, 0.3) is 0 Å². The van der Waals surface area contributed by atoms with E-state index in [2.05, 4.69) is 5.32 Å². The zero-order valence-electron chi connectivity index (χ0n) is 10.8. The number of aliphatic hydroxyl groups excluding tert-OH is 2. The summed E-state index contributed by atoms with van der Waals surface area (Å²) < 4.78 is 19.6. The van der Waals surface area contributed by atoms with Gasteiger partial charge in [-0.05, 0) is 37.8 Å². The fraction of sp³-hybridized carbons (Fsp3) is 0.571. The largest absolute Gasteiger partial charge is 0.488 e. The molecule has 2 rings (SSSR count). The molecule has 0 aromatic heterocycles. The SMILES string of the molecule is OCC(O)CNc1c(F)cccc1OC1CCCC1. The number of nitrogens with one attached hydrogen (secondary N) is 1. The molecule has 1 saturated carbocycles. The smallest absolute Gasteiger partial charge is 0.150 e. The quantitative estimate of drug-likeness (QED) is 0.738. The molecule has 0 saturated heterocycles. The van der Waals surface area contributed by atoms with Crippen LogP contribution in [0.4, 0.5) is 10.1 Å². The van der Waals surface area contributed by atoms with E-state index in [4.69, 9.17) is 9.84 Å². The Balaban J connectivity index is 2.06. The highest BCUT2D eigenvalue weighted by Crippen LogP contribution is 2.31. The van der Waals surface area contributed by atoms with E-state index in [1.807, 2.05) is 0 Å². The van der Waals surface area contributed by atoms with Crippen LogP contribution >= 0.6 is 0 Å². The highest BCUT2D eigenvalue weighted by molar-refractivity contribution is 5.57. The Labute approximate surface area is 112 Å². The van der Waals surface area contributed by atoms with Gasteiger partial charge in [0, 0.05) is 6.54 Å². The Kier molecular flexibility index (Phi) is 4.99. The van der Waals surface area contributed by atoms with Gasteiger partial charge in [0.2, 0.25) is 0 Å². The van der Waals surface area contributed by atoms with E-state index in [9.17, 15) is 9.50 Å². The fourth-order valence-electron chi connectivity index (χ4n) is 2.24. The number of benzene rings is 1. The monoisotopic (exact) mass is 269 g/mol. The van der Waals surface area contributed by atoms with Gasteiger partial charge >= 0.3 is 0 Å². The number of aliphatic hydroxyl groups is 2. The van der Waals surface area contributed by atoms with Crippen molar-refractivity contribution in [1.82, 2.24) is 0 Å². The van der Waals surface area contributed by atoms with Gasteiger partial charge in [0.15, 0.2) is 0 Å². The maximum atomic E-state index is 13.8. The van der Waals surface area contributed by atoms with Crippen LogP contribution in [0.2, 0.25) is 0 Å². The van der Waals surface area contributed by atoms with Crippen molar-refractivity contribution < 1.29 is 19.3 Å². The minimum absolute atomic E-state index is 0.0818. The zero-order valence-corrected chi connectivity index (χ0v) is 10.8. The predicted octanol–water partition coefficient (Wildman–Crippen LogP) is 1.91. The third kappa shape index (κ3) is 3.81. The molecule has 19 heavy (non-hydrogen) atoms. The lowest BCUT2D eigenvalue weighted by atomic mass is 10.2. The summed E-state index contributed by atoms with van der Waals surface area (Å²) in [5, 5.41) is 20.9. The molecule has 0 radical (unpaired) electrons. The van der Waals surface area contributed by atoms with Gasteiger partial charge in [0.05, 0.1) is 18.8 Å².